The van der Waals surface area contributed by atoms with E-state index in [1.165, 1.54) is 0 Å². The largest absolute Gasteiger partial charge is 0.242 e. The van der Waals surface area contributed by atoms with Crippen LogP contribution in [-0.4, -0.2) is 6.17 Å². The molecule has 0 heterocycles. The predicted molar refractivity (Wildman–Crippen MR) is 52.9 cm³/mol. The van der Waals surface area contributed by atoms with Gasteiger partial charge in [-0.2, -0.15) is 0 Å². The van der Waals surface area contributed by atoms with Gasteiger partial charge in [0.15, 0.2) is 0 Å². The maximum Gasteiger partial charge on any atom is 0.125 e. The molecule has 0 aliphatic heterocycles. The minimum atomic E-state index is -0.876. The monoisotopic (exact) mass is 170 g/mol. The third-order valence-corrected chi connectivity index (χ3v) is 2.04. The zero-order valence-corrected chi connectivity index (χ0v) is 8.52. The fourth-order valence-corrected chi connectivity index (χ4v) is 1.32. The second-order valence-electron chi connectivity index (χ2n) is 3.30. The van der Waals surface area contributed by atoms with Gasteiger partial charge in [0, 0.05) is 0 Å². The molecule has 1 unspecified atom stereocenters. The standard InChI is InChI=1S/C11H19F/c1-6-10(8(3)4)9(5)11(12)7-2/h6,8,11H,5,7H2,1-4H3/b10-6-. The Morgan fingerprint density at radius 2 is 2.00 bits per heavy atom. The second-order valence-corrected chi connectivity index (χ2v) is 3.30. The first-order chi connectivity index (χ1) is 5.54. The van der Waals surface area contributed by atoms with Crippen molar-refractivity contribution in [2.75, 3.05) is 0 Å². The van der Waals surface area contributed by atoms with Gasteiger partial charge in [-0.15, -0.1) is 0 Å². The Bertz CT molecular complexity index is 177. The number of allylic oxidation sites excluding steroid dienone is 3. The van der Waals surface area contributed by atoms with E-state index >= 15 is 0 Å². The van der Waals surface area contributed by atoms with Crippen LogP contribution in [0.2, 0.25) is 0 Å². The van der Waals surface area contributed by atoms with Gasteiger partial charge in [0.25, 0.3) is 0 Å². The molecule has 0 rings (SSSR count). The summed E-state index contributed by atoms with van der Waals surface area (Å²) >= 11 is 0. The van der Waals surface area contributed by atoms with E-state index in [1.54, 1.807) is 0 Å². The van der Waals surface area contributed by atoms with Crippen LogP contribution < -0.4 is 0 Å². The van der Waals surface area contributed by atoms with Crippen molar-refractivity contribution in [1.82, 2.24) is 0 Å². The Kier molecular flexibility index (Phi) is 4.87. The molecule has 0 aromatic rings. The van der Waals surface area contributed by atoms with Crippen LogP contribution in [-0.2, 0) is 0 Å². The summed E-state index contributed by atoms with van der Waals surface area (Å²) in [6.45, 7) is 11.7. The molecule has 0 aromatic carbocycles. The highest BCUT2D eigenvalue weighted by Crippen LogP contribution is 2.23. The molecule has 0 radical (unpaired) electrons. The van der Waals surface area contributed by atoms with Crippen molar-refractivity contribution in [3.8, 4) is 0 Å². The topological polar surface area (TPSA) is 0 Å². The van der Waals surface area contributed by atoms with Gasteiger partial charge in [0.2, 0.25) is 0 Å². The minimum absolute atomic E-state index is 0.368. The lowest BCUT2D eigenvalue weighted by Crippen LogP contribution is -2.08. The van der Waals surface area contributed by atoms with Crippen LogP contribution >= 0.6 is 0 Å². The number of hydrogen-bond donors (Lipinski definition) is 0. The number of rotatable bonds is 4. The van der Waals surface area contributed by atoms with Crippen LogP contribution in [0.25, 0.3) is 0 Å². The lowest BCUT2D eigenvalue weighted by atomic mass is 9.92. The molecule has 0 saturated carbocycles. The maximum absolute atomic E-state index is 13.2. The van der Waals surface area contributed by atoms with Crippen molar-refractivity contribution >= 4 is 0 Å². The van der Waals surface area contributed by atoms with Crippen molar-refractivity contribution in [3.05, 3.63) is 23.8 Å². The summed E-state index contributed by atoms with van der Waals surface area (Å²) in [6, 6.07) is 0. The Labute approximate surface area is 75.2 Å². The second kappa shape index (κ2) is 5.13. The smallest absolute Gasteiger partial charge is 0.125 e. The van der Waals surface area contributed by atoms with Crippen molar-refractivity contribution in [2.24, 2.45) is 5.92 Å². The fraction of sp³-hybridized carbons (Fsp3) is 0.636. The van der Waals surface area contributed by atoms with Crippen LogP contribution in [0.1, 0.15) is 34.1 Å². The molecule has 0 bridgehead atoms. The highest BCUT2D eigenvalue weighted by Gasteiger charge is 2.14. The van der Waals surface area contributed by atoms with Gasteiger partial charge in [-0.1, -0.05) is 33.4 Å². The van der Waals surface area contributed by atoms with Gasteiger partial charge in [0.05, 0.1) is 0 Å². The average molecular weight is 170 g/mol. The lowest BCUT2D eigenvalue weighted by Gasteiger charge is -2.16. The molecule has 1 heteroatoms. The predicted octanol–water partition coefficient (Wildman–Crippen LogP) is 3.89. The third-order valence-electron chi connectivity index (χ3n) is 2.04. The summed E-state index contributed by atoms with van der Waals surface area (Å²) in [6.07, 6.45) is 1.59. The highest BCUT2D eigenvalue weighted by atomic mass is 19.1. The molecule has 12 heavy (non-hydrogen) atoms. The quantitative estimate of drug-likeness (QED) is 0.561. The zero-order valence-electron chi connectivity index (χ0n) is 8.52. The Balaban J connectivity index is 4.45. The minimum Gasteiger partial charge on any atom is -0.242 e. The molecule has 0 N–H and O–H groups in total. The van der Waals surface area contributed by atoms with Gasteiger partial charge in [-0.05, 0) is 30.4 Å². The summed E-state index contributed by atoms with van der Waals surface area (Å²) < 4.78 is 13.2. The molecule has 0 nitrogen and oxygen atoms in total. The lowest BCUT2D eigenvalue weighted by molar-refractivity contribution is 0.372. The van der Waals surface area contributed by atoms with Gasteiger partial charge >= 0.3 is 0 Å². The molecule has 0 spiro atoms. The van der Waals surface area contributed by atoms with Gasteiger partial charge in [0.1, 0.15) is 6.17 Å². The molecule has 0 fully saturated rings. The highest BCUT2D eigenvalue weighted by molar-refractivity contribution is 5.32. The molecular weight excluding hydrogens is 151 g/mol. The molecule has 0 aliphatic carbocycles. The van der Waals surface area contributed by atoms with Gasteiger partial charge in [-0.3, -0.25) is 0 Å². The van der Waals surface area contributed by atoms with E-state index in [2.05, 4.69) is 20.4 Å². The van der Waals surface area contributed by atoms with Crippen LogP contribution in [0.4, 0.5) is 4.39 Å². The molecule has 70 valence electrons. The first-order valence-corrected chi connectivity index (χ1v) is 4.54. The summed E-state index contributed by atoms with van der Waals surface area (Å²) in [5, 5.41) is 0. The summed E-state index contributed by atoms with van der Waals surface area (Å²) in [5.74, 6) is 0.368. The molecule has 1 atom stereocenters. The molecular formula is C11H19F. The Morgan fingerprint density at radius 1 is 1.50 bits per heavy atom. The van der Waals surface area contributed by atoms with E-state index in [-0.39, 0.29) is 0 Å². The van der Waals surface area contributed by atoms with Crippen LogP contribution in [0.15, 0.2) is 23.8 Å². The first-order valence-electron chi connectivity index (χ1n) is 4.54. The Morgan fingerprint density at radius 3 is 2.25 bits per heavy atom. The van der Waals surface area contributed by atoms with E-state index in [1.807, 2.05) is 19.9 Å². The Hall–Kier alpha value is -0.590. The van der Waals surface area contributed by atoms with Crippen molar-refractivity contribution in [3.63, 3.8) is 0 Å². The average Bonchev–Trinajstić information content (AvgIpc) is 2.03. The maximum atomic E-state index is 13.2. The molecule has 0 saturated heterocycles. The van der Waals surface area contributed by atoms with Crippen LogP contribution in [0.5, 0.6) is 0 Å². The van der Waals surface area contributed by atoms with E-state index < -0.39 is 6.17 Å². The third kappa shape index (κ3) is 2.80. The number of halogens is 1. The fourth-order valence-electron chi connectivity index (χ4n) is 1.32. The first kappa shape index (κ1) is 11.4. The van der Waals surface area contributed by atoms with Crippen LogP contribution in [0, 0.1) is 5.92 Å². The van der Waals surface area contributed by atoms with E-state index in [0.29, 0.717) is 17.9 Å². The van der Waals surface area contributed by atoms with Gasteiger partial charge < -0.3 is 0 Å². The van der Waals surface area contributed by atoms with Gasteiger partial charge in [-0.25, -0.2) is 4.39 Å². The van der Waals surface area contributed by atoms with Crippen molar-refractivity contribution in [2.45, 2.75) is 40.3 Å². The van der Waals surface area contributed by atoms with Crippen LogP contribution in [0.3, 0.4) is 0 Å². The molecule has 0 amide bonds. The molecule has 0 aliphatic rings. The normalized spacial score (nSPS) is 15.0. The van der Waals surface area contributed by atoms with Crippen molar-refractivity contribution in [1.29, 1.82) is 0 Å². The molecule has 0 aromatic heterocycles. The summed E-state index contributed by atoms with van der Waals surface area (Å²) in [7, 11) is 0. The zero-order chi connectivity index (χ0) is 9.72. The SMILES string of the molecule is C=C(/C(=C\C)C(C)C)C(F)CC. The van der Waals surface area contributed by atoms with E-state index in [0.717, 1.165) is 5.57 Å². The number of alkyl halides is 1. The summed E-state index contributed by atoms with van der Waals surface area (Å²) in [4.78, 5) is 0. The van der Waals surface area contributed by atoms with E-state index in [4.69, 9.17) is 0 Å². The van der Waals surface area contributed by atoms with Crippen molar-refractivity contribution < 1.29 is 4.39 Å². The number of hydrogen-bond acceptors (Lipinski definition) is 0. The van der Waals surface area contributed by atoms with E-state index in [9.17, 15) is 4.39 Å². The summed E-state index contributed by atoms with van der Waals surface area (Å²) in [5.41, 5.74) is 1.69.